The van der Waals surface area contributed by atoms with E-state index >= 15 is 0 Å². The van der Waals surface area contributed by atoms with Gasteiger partial charge in [-0.05, 0) is 29.8 Å². The van der Waals surface area contributed by atoms with Gasteiger partial charge < -0.3 is 9.88 Å². The van der Waals surface area contributed by atoms with Crippen molar-refractivity contribution in [2.75, 3.05) is 7.05 Å². The third kappa shape index (κ3) is 2.75. The Bertz CT molecular complexity index is 1050. The zero-order chi connectivity index (χ0) is 18.3. The molecule has 4 rings (SSSR count). The number of para-hydroxylation sites is 1. The molecule has 5 nitrogen and oxygen atoms in total. The summed E-state index contributed by atoms with van der Waals surface area (Å²) in [7, 11) is 1.44. The summed E-state index contributed by atoms with van der Waals surface area (Å²) in [5, 5.41) is 3.55. The zero-order valence-electron chi connectivity index (χ0n) is 14.1. The van der Waals surface area contributed by atoms with Gasteiger partial charge in [0.05, 0.1) is 0 Å². The molecule has 1 saturated heterocycles. The summed E-state index contributed by atoms with van der Waals surface area (Å²) in [4.78, 5) is 24.8. The van der Waals surface area contributed by atoms with Gasteiger partial charge in [-0.3, -0.25) is 9.69 Å². The molecule has 1 aromatic heterocycles. The number of benzene rings is 2. The van der Waals surface area contributed by atoms with E-state index < -0.39 is 6.03 Å². The van der Waals surface area contributed by atoms with Crippen LogP contribution in [0.2, 0.25) is 0 Å². The smallest absolute Gasteiger partial charge is 0.328 e. The minimum Gasteiger partial charge on any atom is -0.342 e. The molecule has 1 N–H and O–H groups in total. The van der Waals surface area contributed by atoms with Crippen molar-refractivity contribution in [1.82, 2.24) is 14.8 Å². The lowest BCUT2D eigenvalue weighted by atomic mass is 10.1. The van der Waals surface area contributed by atoms with Crippen molar-refractivity contribution in [1.29, 1.82) is 0 Å². The number of hydrogen-bond donors (Lipinski definition) is 1. The first-order valence-electron chi connectivity index (χ1n) is 8.16. The second-order valence-corrected chi connectivity index (χ2v) is 6.21. The van der Waals surface area contributed by atoms with Crippen molar-refractivity contribution in [3.05, 3.63) is 77.4 Å². The van der Waals surface area contributed by atoms with Crippen LogP contribution >= 0.6 is 0 Å². The molecular formula is C20H16FN3O2. The van der Waals surface area contributed by atoms with Crippen molar-refractivity contribution in [2.45, 2.75) is 6.54 Å². The SMILES string of the molecule is CN1C(=O)N/C(=C/c2cn(Cc3ccc(F)cc3)c3ccccc23)C1=O. The summed E-state index contributed by atoms with van der Waals surface area (Å²) in [6.45, 7) is 0.574. The van der Waals surface area contributed by atoms with E-state index in [1.54, 1.807) is 18.2 Å². The van der Waals surface area contributed by atoms with Gasteiger partial charge >= 0.3 is 6.03 Å². The summed E-state index contributed by atoms with van der Waals surface area (Å²) in [5.74, 6) is -0.624. The largest absolute Gasteiger partial charge is 0.342 e. The maximum absolute atomic E-state index is 13.1. The Hall–Kier alpha value is -3.41. The zero-order valence-corrected chi connectivity index (χ0v) is 14.1. The highest BCUT2D eigenvalue weighted by molar-refractivity contribution is 6.14. The Morgan fingerprint density at radius 1 is 1.08 bits per heavy atom. The lowest BCUT2D eigenvalue weighted by molar-refractivity contribution is -0.121. The molecule has 0 spiro atoms. The molecule has 2 heterocycles. The first kappa shape index (κ1) is 16.1. The predicted octanol–water partition coefficient (Wildman–Crippen LogP) is 3.35. The number of urea groups is 1. The number of aromatic nitrogens is 1. The second kappa shape index (κ2) is 6.15. The van der Waals surface area contributed by atoms with E-state index in [1.165, 1.54) is 19.2 Å². The molecule has 1 aliphatic heterocycles. The van der Waals surface area contributed by atoms with E-state index in [4.69, 9.17) is 0 Å². The van der Waals surface area contributed by atoms with E-state index in [2.05, 4.69) is 5.32 Å². The van der Waals surface area contributed by atoms with Crippen molar-refractivity contribution >= 4 is 28.9 Å². The first-order chi connectivity index (χ1) is 12.5. The lowest BCUT2D eigenvalue weighted by Gasteiger charge is -2.05. The molecule has 1 aliphatic rings. The number of rotatable bonds is 3. The maximum Gasteiger partial charge on any atom is 0.328 e. The van der Waals surface area contributed by atoms with Crippen molar-refractivity contribution in [2.24, 2.45) is 0 Å². The van der Waals surface area contributed by atoms with Crippen molar-refractivity contribution in [3.8, 4) is 0 Å². The monoisotopic (exact) mass is 349 g/mol. The minimum absolute atomic E-state index is 0.252. The van der Waals surface area contributed by atoms with Crippen molar-refractivity contribution < 1.29 is 14.0 Å². The van der Waals surface area contributed by atoms with Crippen LogP contribution in [0.4, 0.5) is 9.18 Å². The Morgan fingerprint density at radius 2 is 1.81 bits per heavy atom. The highest BCUT2D eigenvalue weighted by atomic mass is 19.1. The Labute approximate surface area is 149 Å². The number of nitrogens with zero attached hydrogens (tertiary/aromatic N) is 2. The number of carbonyl (C=O) groups excluding carboxylic acids is 2. The van der Waals surface area contributed by atoms with Gasteiger partial charge in [-0.15, -0.1) is 0 Å². The van der Waals surface area contributed by atoms with Gasteiger partial charge in [-0.25, -0.2) is 9.18 Å². The molecule has 0 aliphatic carbocycles. The summed E-state index contributed by atoms with van der Waals surface area (Å²) >= 11 is 0. The fraction of sp³-hybridized carbons (Fsp3) is 0.100. The molecule has 0 saturated carbocycles. The van der Waals surface area contributed by atoms with Gasteiger partial charge in [-0.1, -0.05) is 30.3 Å². The van der Waals surface area contributed by atoms with Gasteiger partial charge in [0.2, 0.25) is 0 Å². The normalized spacial score (nSPS) is 15.9. The van der Waals surface area contributed by atoms with Gasteiger partial charge in [0.1, 0.15) is 11.5 Å². The summed E-state index contributed by atoms with van der Waals surface area (Å²) in [6, 6.07) is 13.8. The van der Waals surface area contributed by atoms with E-state index in [0.717, 1.165) is 26.9 Å². The number of nitrogens with one attached hydrogen (secondary N) is 1. The Morgan fingerprint density at radius 3 is 2.50 bits per heavy atom. The van der Waals surface area contributed by atoms with E-state index in [9.17, 15) is 14.0 Å². The maximum atomic E-state index is 13.1. The number of likely N-dealkylation sites (N-methyl/N-ethyl adjacent to an activating group) is 1. The topological polar surface area (TPSA) is 54.3 Å². The summed E-state index contributed by atoms with van der Waals surface area (Å²) in [5.41, 5.74) is 3.05. The molecule has 0 radical (unpaired) electrons. The van der Waals surface area contributed by atoms with E-state index in [1.807, 2.05) is 35.0 Å². The van der Waals surface area contributed by atoms with E-state index in [-0.39, 0.29) is 17.4 Å². The third-order valence-corrected chi connectivity index (χ3v) is 4.47. The van der Waals surface area contributed by atoms with Gasteiger partial charge in [0.25, 0.3) is 5.91 Å². The number of halogens is 1. The number of imide groups is 1. The second-order valence-electron chi connectivity index (χ2n) is 6.21. The molecule has 1 fully saturated rings. The molecule has 0 atom stereocenters. The lowest BCUT2D eigenvalue weighted by Crippen LogP contribution is -2.25. The quantitative estimate of drug-likeness (QED) is 0.582. The number of hydrogen-bond acceptors (Lipinski definition) is 2. The molecule has 0 unspecified atom stereocenters. The fourth-order valence-corrected chi connectivity index (χ4v) is 3.09. The van der Waals surface area contributed by atoms with Crippen LogP contribution in [0.15, 0.2) is 60.4 Å². The van der Waals surface area contributed by atoms with Crippen LogP contribution in [0.1, 0.15) is 11.1 Å². The van der Waals surface area contributed by atoms with E-state index in [0.29, 0.717) is 6.54 Å². The standard InChI is InChI=1S/C20H16FN3O2/c1-23-19(25)17(22-20(23)26)10-14-12-24(18-5-3-2-4-16(14)18)11-13-6-8-15(21)9-7-13/h2-10,12H,11H2,1H3,(H,22,26)/b17-10+. The minimum atomic E-state index is -0.434. The Balaban J connectivity index is 1.76. The number of carbonyl (C=O) groups is 2. The molecular weight excluding hydrogens is 333 g/mol. The van der Waals surface area contributed by atoms with Crippen LogP contribution in [-0.2, 0) is 11.3 Å². The van der Waals surface area contributed by atoms with Crippen LogP contribution < -0.4 is 5.32 Å². The highest BCUT2D eigenvalue weighted by Crippen LogP contribution is 2.25. The average molecular weight is 349 g/mol. The van der Waals surface area contributed by atoms with Crippen molar-refractivity contribution in [3.63, 3.8) is 0 Å². The van der Waals surface area contributed by atoms with Gasteiger partial charge in [0.15, 0.2) is 0 Å². The van der Waals surface area contributed by atoms with Gasteiger partial charge in [0, 0.05) is 36.3 Å². The molecule has 3 amide bonds. The molecule has 3 aromatic rings. The van der Waals surface area contributed by atoms with Crippen LogP contribution in [0, 0.1) is 5.82 Å². The van der Waals surface area contributed by atoms with Gasteiger partial charge in [-0.2, -0.15) is 0 Å². The molecule has 0 bridgehead atoms. The molecule has 130 valence electrons. The highest BCUT2D eigenvalue weighted by Gasteiger charge is 2.30. The molecule has 26 heavy (non-hydrogen) atoms. The fourth-order valence-electron chi connectivity index (χ4n) is 3.09. The first-order valence-corrected chi connectivity index (χ1v) is 8.16. The number of fused-ring (bicyclic) bond motifs is 1. The molecule has 6 heteroatoms. The summed E-state index contributed by atoms with van der Waals surface area (Å²) in [6.07, 6.45) is 3.62. The Kier molecular flexibility index (Phi) is 3.80. The van der Waals surface area contributed by atoms with Crippen LogP contribution in [-0.4, -0.2) is 28.5 Å². The number of amides is 3. The predicted molar refractivity (Wildman–Crippen MR) is 96.7 cm³/mol. The van der Waals surface area contributed by atoms with Crippen LogP contribution in [0.25, 0.3) is 17.0 Å². The van der Waals surface area contributed by atoms with Crippen LogP contribution in [0.5, 0.6) is 0 Å². The van der Waals surface area contributed by atoms with Crippen LogP contribution in [0.3, 0.4) is 0 Å². The average Bonchev–Trinajstić information content (AvgIpc) is 3.10. The molecule has 2 aromatic carbocycles. The summed E-state index contributed by atoms with van der Waals surface area (Å²) < 4.78 is 15.2. The third-order valence-electron chi connectivity index (χ3n) is 4.47.